The van der Waals surface area contributed by atoms with Crippen molar-refractivity contribution in [3.05, 3.63) is 66.2 Å². The summed E-state index contributed by atoms with van der Waals surface area (Å²) in [7, 11) is 0. The molecule has 0 radical (unpaired) electrons. The molecule has 0 bridgehead atoms. The second-order valence-electron chi connectivity index (χ2n) is 4.42. The van der Waals surface area contributed by atoms with Gasteiger partial charge < -0.3 is 10.6 Å². The smallest absolute Gasteiger partial charge is 0.239 e. The number of hydrogen-bond acceptors (Lipinski definition) is 2. The van der Waals surface area contributed by atoms with Crippen LogP contribution in [0.2, 0.25) is 0 Å². The molecule has 0 saturated heterocycles. The van der Waals surface area contributed by atoms with Gasteiger partial charge in [-0.1, -0.05) is 48.5 Å². The Labute approximate surface area is 113 Å². The van der Waals surface area contributed by atoms with E-state index in [0.29, 0.717) is 0 Å². The first-order chi connectivity index (χ1) is 9.25. The fourth-order valence-corrected chi connectivity index (χ4v) is 1.86. The van der Waals surface area contributed by atoms with Crippen LogP contribution in [0, 0.1) is 0 Å². The number of anilines is 1. The predicted molar refractivity (Wildman–Crippen MR) is 77.9 cm³/mol. The van der Waals surface area contributed by atoms with E-state index in [9.17, 15) is 4.79 Å². The molecule has 98 valence electrons. The van der Waals surface area contributed by atoms with Gasteiger partial charge in [-0.05, 0) is 24.6 Å². The lowest BCUT2D eigenvalue weighted by Gasteiger charge is -2.14. The van der Waals surface area contributed by atoms with Gasteiger partial charge in [0.1, 0.15) is 0 Å². The molecular formula is C16H18N2O. The largest absolute Gasteiger partial charge is 0.376 e. The maximum absolute atomic E-state index is 11.8. The zero-order valence-electron chi connectivity index (χ0n) is 11.0. The Balaban J connectivity index is 1.82. The summed E-state index contributed by atoms with van der Waals surface area (Å²) in [5.74, 6) is -0.0137. The lowest BCUT2D eigenvalue weighted by atomic mass is 10.1. The van der Waals surface area contributed by atoms with Crippen LogP contribution >= 0.6 is 0 Å². The van der Waals surface area contributed by atoms with E-state index in [2.05, 4.69) is 10.6 Å². The molecule has 3 heteroatoms. The third kappa shape index (κ3) is 4.14. The highest BCUT2D eigenvalue weighted by atomic mass is 16.1. The molecule has 19 heavy (non-hydrogen) atoms. The van der Waals surface area contributed by atoms with Crippen molar-refractivity contribution in [1.82, 2.24) is 5.32 Å². The van der Waals surface area contributed by atoms with Crippen LogP contribution in [0.4, 0.5) is 5.69 Å². The molecule has 2 aromatic carbocycles. The minimum Gasteiger partial charge on any atom is -0.376 e. The summed E-state index contributed by atoms with van der Waals surface area (Å²) >= 11 is 0. The molecule has 2 N–H and O–H groups in total. The Morgan fingerprint density at radius 2 is 1.58 bits per heavy atom. The van der Waals surface area contributed by atoms with Crippen molar-refractivity contribution in [3.63, 3.8) is 0 Å². The highest BCUT2D eigenvalue weighted by molar-refractivity contribution is 5.81. The molecule has 0 spiro atoms. The molecule has 3 nitrogen and oxygen atoms in total. The van der Waals surface area contributed by atoms with E-state index in [1.807, 2.05) is 67.6 Å². The summed E-state index contributed by atoms with van der Waals surface area (Å²) in [5.41, 5.74) is 2.06. The van der Waals surface area contributed by atoms with Gasteiger partial charge in [0.05, 0.1) is 12.6 Å². The Morgan fingerprint density at radius 1 is 1.00 bits per heavy atom. The first-order valence-electron chi connectivity index (χ1n) is 6.39. The van der Waals surface area contributed by atoms with Gasteiger partial charge in [-0.15, -0.1) is 0 Å². The highest BCUT2D eigenvalue weighted by Gasteiger charge is 2.08. The van der Waals surface area contributed by atoms with Crippen molar-refractivity contribution in [1.29, 1.82) is 0 Å². The van der Waals surface area contributed by atoms with E-state index in [0.717, 1.165) is 11.3 Å². The normalized spacial score (nSPS) is 11.6. The van der Waals surface area contributed by atoms with E-state index >= 15 is 0 Å². The third-order valence-electron chi connectivity index (χ3n) is 2.90. The predicted octanol–water partition coefficient (Wildman–Crippen LogP) is 2.98. The fraction of sp³-hybridized carbons (Fsp3) is 0.188. The molecule has 1 atom stereocenters. The standard InChI is InChI=1S/C16H18N2O/c1-13(14-8-4-2-5-9-14)18-16(19)12-17-15-10-6-3-7-11-15/h2-11,13,17H,12H2,1H3,(H,18,19). The van der Waals surface area contributed by atoms with Gasteiger partial charge in [-0.25, -0.2) is 0 Å². The molecule has 2 aromatic rings. The monoisotopic (exact) mass is 254 g/mol. The Bertz CT molecular complexity index is 511. The van der Waals surface area contributed by atoms with Gasteiger partial charge >= 0.3 is 0 Å². The molecule has 0 fully saturated rings. The first-order valence-corrected chi connectivity index (χ1v) is 6.39. The van der Waals surface area contributed by atoms with Crippen LogP contribution in [0.3, 0.4) is 0 Å². The molecule has 1 amide bonds. The molecule has 0 heterocycles. The number of nitrogens with one attached hydrogen (secondary N) is 2. The summed E-state index contributed by atoms with van der Waals surface area (Å²) in [6, 6.07) is 19.6. The second kappa shape index (κ2) is 6.59. The number of carbonyl (C=O) groups excluding carboxylic acids is 1. The van der Waals surface area contributed by atoms with Crippen LogP contribution in [0.1, 0.15) is 18.5 Å². The van der Waals surface area contributed by atoms with Gasteiger partial charge in [-0.3, -0.25) is 4.79 Å². The quantitative estimate of drug-likeness (QED) is 0.861. The first kappa shape index (κ1) is 13.1. The van der Waals surface area contributed by atoms with E-state index in [1.165, 1.54) is 0 Å². The molecule has 0 saturated carbocycles. The minimum atomic E-state index is -0.0137. The van der Waals surface area contributed by atoms with Gasteiger partial charge in [0.2, 0.25) is 5.91 Å². The maximum Gasteiger partial charge on any atom is 0.239 e. The van der Waals surface area contributed by atoms with Crippen molar-refractivity contribution in [2.24, 2.45) is 0 Å². The number of carbonyl (C=O) groups is 1. The molecule has 0 aliphatic rings. The van der Waals surface area contributed by atoms with E-state index in [-0.39, 0.29) is 18.5 Å². The van der Waals surface area contributed by atoms with Gasteiger partial charge in [-0.2, -0.15) is 0 Å². The molecule has 0 aliphatic heterocycles. The van der Waals surface area contributed by atoms with Crippen LogP contribution in [-0.4, -0.2) is 12.5 Å². The average molecular weight is 254 g/mol. The van der Waals surface area contributed by atoms with E-state index in [4.69, 9.17) is 0 Å². The van der Waals surface area contributed by atoms with Crippen molar-refractivity contribution >= 4 is 11.6 Å². The van der Waals surface area contributed by atoms with Crippen molar-refractivity contribution in [2.75, 3.05) is 11.9 Å². The molecule has 0 aromatic heterocycles. The average Bonchev–Trinajstić information content (AvgIpc) is 2.47. The van der Waals surface area contributed by atoms with E-state index < -0.39 is 0 Å². The SMILES string of the molecule is CC(NC(=O)CNc1ccccc1)c1ccccc1. The molecule has 0 aliphatic carbocycles. The summed E-state index contributed by atoms with van der Waals surface area (Å²) in [4.78, 5) is 11.8. The van der Waals surface area contributed by atoms with Crippen molar-refractivity contribution in [3.8, 4) is 0 Å². The highest BCUT2D eigenvalue weighted by Crippen LogP contribution is 2.11. The van der Waals surface area contributed by atoms with Crippen molar-refractivity contribution < 1.29 is 4.79 Å². The van der Waals surface area contributed by atoms with Crippen LogP contribution < -0.4 is 10.6 Å². The fourth-order valence-electron chi connectivity index (χ4n) is 1.86. The van der Waals surface area contributed by atoms with Crippen LogP contribution in [0.15, 0.2) is 60.7 Å². The number of rotatable bonds is 5. The third-order valence-corrected chi connectivity index (χ3v) is 2.90. The van der Waals surface area contributed by atoms with Crippen LogP contribution in [-0.2, 0) is 4.79 Å². The number of hydrogen-bond donors (Lipinski definition) is 2. The Hall–Kier alpha value is -2.29. The molecule has 1 unspecified atom stereocenters. The lowest BCUT2D eigenvalue weighted by molar-refractivity contribution is -0.120. The minimum absolute atomic E-state index is 0.0137. The van der Waals surface area contributed by atoms with Gasteiger partial charge in [0.15, 0.2) is 0 Å². The zero-order valence-corrected chi connectivity index (χ0v) is 11.0. The van der Waals surface area contributed by atoms with Crippen molar-refractivity contribution in [2.45, 2.75) is 13.0 Å². The number of benzene rings is 2. The summed E-state index contributed by atoms with van der Waals surface area (Å²) in [5, 5.41) is 6.05. The summed E-state index contributed by atoms with van der Waals surface area (Å²) in [6.45, 7) is 2.26. The topological polar surface area (TPSA) is 41.1 Å². The van der Waals surface area contributed by atoms with Crippen LogP contribution in [0.5, 0.6) is 0 Å². The summed E-state index contributed by atoms with van der Waals surface area (Å²) in [6.07, 6.45) is 0. The lowest BCUT2D eigenvalue weighted by Crippen LogP contribution is -2.32. The molecule has 2 rings (SSSR count). The number of amides is 1. The molecular weight excluding hydrogens is 236 g/mol. The van der Waals surface area contributed by atoms with Gasteiger partial charge in [0, 0.05) is 5.69 Å². The maximum atomic E-state index is 11.8. The summed E-state index contributed by atoms with van der Waals surface area (Å²) < 4.78 is 0. The second-order valence-corrected chi connectivity index (χ2v) is 4.42. The Kier molecular flexibility index (Phi) is 4.56. The Morgan fingerprint density at radius 3 is 2.21 bits per heavy atom. The van der Waals surface area contributed by atoms with Gasteiger partial charge in [0.25, 0.3) is 0 Å². The van der Waals surface area contributed by atoms with Crippen LogP contribution in [0.25, 0.3) is 0 Å². The zero-order chi connectivity index (χ0) is 13.5. The number of para-hydroxylation sites is 1. The van der Waals surface area contributed by atoms with E-state index in [1.54, 1.807) is 0 Å².